The van der Waals surface area contributed by atoms with Gasteiger partial charge in [-0.25, -0.2) is 0 Å². The molecular weight excluding hydrogens is 267 g/mol. The third kappa shape index (κ3) is 3.04. The lowest BCUT2D eigenvalue weighted by molar-refractivity contribution is -0.137. The van der Waals surface area contributed by atoms with E-state index in [4.69, 9.17) is 10.5 Å². The number of benzene rings is 2. The zero-order valence-electron chi connectivity index (χ0n) is 10.9. The largest absolute Gasteiger partial charge is 0.492 e. The van der Waals surface area contributed by atoms with Gasteiger partial charge < -0.3 is 10.5 Å². The van der Waals surface area contributed by atoms with Crippen LogP contribution in [0.3, 0.4) is 0 Å². The quantitative estimate of drug-likeness (QED) is 0.849. The van der Waals surface area contributed by atoms with Crippen molar-refractivity contribution in [2.24, 2.45) is 0 Å². The van der Waals surface area contributed by atoms with Gasteiger partial charge in [-0.1, -0.05) is 18.2 Å². The Labute approximate surface area is 115 Å². The average molecular weight is 281 g/mol. The average Bonchev–Trinajstić information content (AvgIpc) is 2.41. The Morgan fingerprint density at radius 2 is 1.60 bits per heavy atom. The van der Waals surface area contributed by atoms with E-state index in [9.17, 15) is 13.2 Å². The van der Waals surface area contributed by atoms with Gasteiger partial charge in [-0.3, -0.25) is 0 Å². The number of hydrogen-bond acceptors (Lipinski definition) is 2. The van der Waals surface area contributed by atoms with Crippen LogP contribution in [0.1, 0.15) is 12.5 Å². The maximum Gasteiger partial charge on any atom is 0.416 e. The third-order valence-corrected chi connectivity index (χ3v) is 2.86. The maximum absolute atomic E-state index is 12.5. The minimum atomic E-state index is -4.32. The van der Waals surface area contributed by atoms with Gasteiger partial charge >= 0.3 is 6.18 Å². The molecular formula is C15H14F3NO. The summed E-state index contributed by atoms with van der Waals surface area (Å²) < 4.78 is 42.9. The molecule has 5 heteroatoms. The molecule has 20 heavy (non-hydrogen) atoms. The van der Waals surface area contributed by atoms with Crippen LogP contribution in [0.25, 0.3) is 11.1 Å². The van der Waals surface area contributed by atoms with Gasteiger partial charge in [0.05, 0.1) is 17.9 Å². The smallest absolute Gasteiger partial charge is 0.416 e. The van der Waals surface area contributed by atoms with Gasteiger partial charge in [0.2, 0.25) is 0 Å². The van der Waals surface area contributed by atoms with Gasteiger partial charge in [-0.05, 0) is 42.3 Å². The Balaban J connectivity index is 2.34. The van der Waals surface area contributed by atoms with Crippen LogP contribution in [0.15, 0.2) is 42.5 Å². The van der Waals surface area contributed by atoms with Crippen LogP contribution in [0.5, 0.6) is 5.75 Å². The van der Waals surface area contributed by atoms with Crippen molar-refractivity contribution in [3.05, 3.63) is 48.0 Å². The minimum Gasteiger partial charge on any atom is -0.492 e. The highest BCUT2D eigenvalue weighted by molar-refractivity contribution is 5.70. The molecule has 0 amide bonds. The highest BCUT2D eigenvalue weighted by Gasteiger charge is 2.29. The highest BCUT2D eigenvalue weighted by atomic mass is 19.4. The zero-order chi connectivity index (χ0) is 14.8. The predicted molar refractivity (Wildman–Crippen MR) is 72.5 cm³/mol. The van der Waals surface area contributed by atoms with Crippen LogP contribution in [-0.2, 0) is 6.18 Å². The normalized spacial score (nSPS) is 11.4. The molecule has 0 saturated carbocycles. The van der Waals surface area contributed by atoms with Crippen molar-refractivity contribution in [2.45, 2.75) is 13.1 Å². The fraction of sp³-hybridized carbons (Fsp3) is 0.200. The molecule has 0 radical (unpaired) electrons. The first-order valence-electron chi connectivity index (χ1n) is 6.11. The molecule has 0 aromatic heterocycles. The molecule has 0 spiro atoms. The number of anilines is 1. The van der Waals surface area contributed by atoms with E-state index in [2.05, 4.69) is 0 Å². The molecule has 106 valence electrons. The predicted octanol–water partition coefficient (Wildman–Crippen LogP) is 4.35. The van der Waals surface area contributed by atoms with Gasteiger partial charge in [0.1, 0.15) is 5.75 Å². The number of hydrogen-bond donors (Lipinski definition) is 1. The number of rotatable bonds is 3. The molecule has 0 bridgehead atoms. The summed E-state index contributed by atoms with van der Waals surface area (Å²) in [6.45, 7) is 2.31. The Kier molecular flexibility index (Phi) is 3.88. The van der Waals surface area contributed by atoms with E-state index in [1.54, 1.807) is 18.2 Å². The van der Waals surface area contributed by atoms with E-state index < -0.39 is 11.7 Å². The minimum absolute atomic E-state index is 0.473. The van der Waals surface area contributed by atoms with Gasteiger partial charge in [-0.2, -0.15) is 13.2 Å². The molecule has 2 N–H and O–H groups in total. The number of halogens is 3. The first-order chi connectivity index (χ1) is 9.41. The third-order valence-electron chi connectivity index (χ3n) is 2.86. The molecule has 2 rings (SSSR count). The van der Waals surface area contributed by atoms with Crippen LogP contribution < -0.4 is 10.5 Å². The number of ether oxygens (including phenoxy) is 1. The van der Waals surface area contributed by atoms with Crippen molar-refractivity contribution >= 4 is 5.69 Å². The zero-order valence-corrected chi connectivity index (χ0v) is 10.9. The van der Waals surface area contributed by atoms with E-state index in [1.165, 1.54) is 12.1 Å². The van der Waals surface area contributed by atoms with E-state index in [0.717, 1.165) is 17.7 Å². The van der Waals surface area contributed by atoms with Crippen LogP contribution >= 0.6 is 0 Å². The second-order valence-electron chi connectivity index (χ2n) is 4.26. The lowest BCUT2D eigenvalue weighted by atomic mass is 10.0. The molecule has 2 aromatic rings. The van der Waals surface area contributed by atoms with Gasteiger partial charge in [0.25, 0.3) is 0 Å². The Hall–Kier alpha value is -2.17. The lowest BCUT2D eigenvalue weighted by Gasteiger charge is -2.11. The molecule has 0 unspecified atom stereocenters. The molecule has 0 atom stereocenters. The van der Waals surface area contributed by atoms with Gasteiger partial charge in [0, 0.05) is 0 Å². The summed E-state index contributed by atoms with van der Waals surface area (Å²) in [7, 11) is 0. The van der Waals surface area contributed by atoms with Crippen molar-refractivity contribution in [1.82, 2.24) is 0 Å². The van der Waals surface area contributed by atoms with Crippen LogP contribution in [0.4, 0.5) is 18.9 Å². The Morgan fingerprint density at radius 1 is 1.00 bits per heavy atom. The standard InChI is InChI=1S/C15H14F3NO/c1-2-20-14-9-11(5-8-13(14)19)10-3-6-12(7-4-10)15(16,17)18/h3-9H,2,19H2,1H3. The van der Waals surface area contributed by atoms with E-state index in [0.29, 0.717) is 23.6 Å². The van der Waals surface area contributed by atoms with Gasteiger partial charge in [0.15, 0.2) is 0 Å². The summed E-state index contributed by atoms with van der Waals surface area (Å²) >= 11 is 0. The number of nitrogen functional groups attached to an aromatic ring is 1. The molecule has 0 aliphatic rings. The summed E-state index contributed by atoms with van der Waals surface area (Å²) in [5, 5.41) is 0. The fourth-order valence-electron chi connectivity index (χ4n) is 1.85. The molecule has 2 aromatic carbocycles. The Morgan fingerprint density at radius 3 is 2.15 bits per heavy atom. The van der Waals surface area contributed by atoms with E-state index in [1.807, 2.05) is 6.92 Å². The molecule has 0 aliphatic heterocycles. The summed E-state index contributed by atoms with van der Waals surface area (Å²) in [5.74, 6) is 0.532. The first-order valence-corrected chi connectivity index (χ1v) is 6.11. The van der Waals surface area contributed by atoms with Crippen molar-refractivity contribution < 1.29 is 17.9 Å². The molecule has 2 nitrogen and oxygen atoms in total. The van der Waals surface area contributed by atoms with Crippen LogP contribution in [0, 0.1) is 0 Å². The SMILES string of the molecule is CCOc1cc(-c2ccc(C(F)(F)F)cc2)ccc1N. The summed E-state index contributed by atoms with van der Waals surface area (Å²) in [5.41, 5.74) is 7.04. The fourth-order valence-corrected chi connectivity index (χ4v) is 1.85. The highest BCUT2D eigenvalue weighted by Crippen LogP contribution is 2.33. The monoisotopic (exact) mass is 281 g/mol. The maximum atomic E-state index is 12.5. The van der Waals surface area contributed by atoms with Crippen LogP contribution in [0.2, 0.25) is 0 Å². The second kappa shape index (κ2) is 5.45. The summed E-state index contributed by atoms with van der Waals surface area (Å²) in [6, 6.07) is 10.1. The van der Waals surface area contributed by atoms with E-state index in [-0.39, 0.29) is 0 Å². The Bertz CT molecular complexity index is 591. The van der Waals surface area contributed by atoms with Crippen molar-refractivity contribution in [3.8, 4) is 16.9 Å². The van der Waals surface area contributed by atoms with Gasteiger partial charge in [-0.15, -0.1) is 0 Å². The van der Waals surface area contributed by atoms with Crippen molar-refractivity contribution in [2.75, 3.05) is 12.3 Å². The molecule has 0 saturated heterocycles. The lowest BCUT2D eigenvalue weighted by Crippen LogP contribution is -2.04. The second-order valence-corrected chi connectivity index (χ2v) is 4.26. The molecule has 0 aliphatic carbocycles. The first kappa shape index (κ1) is 14.2. The summed E-state index contributed by atoms with van der Waals surface area (Å²) in [6.07, 6.45) is -4.32. The van der Waals surface area contributed by atoms with E-state index >= 15 is 0 Å². The molecule has 0 fully saturated rings. The van der Waals surface area contributed by atoms with Crippen molar-refractivity contribution in [3.63, 3.8) is 0 Å². The number of nitrogens with two attached hydrogens (primary N) is 1. The molecule has 0 heterocycles. The topological polar surface area (TPSA) is 35.2 Å². The number of alkyl halides is 3. The van der Waals surface area contributed by atoms with Crippen molar-refractivity contribution in [1.29, 1.82) is 0 Å². The van der Waals surface area contributed by atoms with Crippen LogP contribution in [-0.4, -0.2) is 6.61 Å². The summed E-state index contributed by atoms with van der Waals surface area (Å²) in [4.78, 5) is 0.